The van der Waals surface area contributed by atoms with E-state index in [0.29, 0.717) is 13.0 Å². The normalized spacial score (nSPS) is 22.6. The third kappa shape index (κ3) is 2.56. The van der Waals surface area contributed by atoms with Crippen LogP contribution >= 0.6 is 11.6 Å². The predicted octanol–water partition coefficient (Wildman–Crippen LogP) is 2.42. The van der Waals surface area contributed by atoms with Crippen molar-refractivity contribution in [1.29, 1.82) is 0 Å². The molecule has 1 heterocycles. The van der Waals surface area contributed by atoms with Gasteiger partial charge in [-0.3, -0.25) is 9.59 Å². The first-order valence-corrected chi connectivity index (χ1v) is 6.19. The van der Waals surface area contributed by atoms with E-state index in [1.54, 1.807) is 6.92 Å². The molecule has 1 N–H and O–H groups in total. The third-order valence-electron chi connectivity index (χ3n) is 3.44. The molecular formula is C13H13ClFNO3. The number of rotatable bonds is 2. The van der Waals surface area contributed by atoms with Gasteiger partial charge < -0.3 is 10.0 Å². The van der Waals surface area contributed by atoms with Gasteiger partial charge in [0.25, 0.3) is 5.91 Å². The second-order valence-corrected chi connectivity index (χ2v) is 5.40. The Morgan fingerprint density at radius 2 is 2.16 bits per heavy atom. The van der Waals surface area contributed by atoms with Crippen molar-refractivity contribution in [1.82, 2.24) is 4.90 Å². The summed E-state index contributed by atoms with van der Waals surface area (Å²) >= 11 is 5.74. The zero-order chi connectivity index (χ0) is 14.2. The Hall–Kier alpha value is -1.62. The number of benzene rings is 1. The molecule has 1 atom stereocenters. The molecule has 1 aliphatic heterocycles. The lowest BCUT2D eigenvalue weighted by Gasteiger charge is -2.20. The summed E-state index contributed by atoms with van der Waals surface area (Å²) in [5.74, 6) is -2.13. The van der Waals surface area contributed by atoms with Gasteiger partial charge in [0.1, 0.15) is 5.82 Å². The summed E-state index contributed by atoms with van der Waals surface area (Å²) in [6, 6.07) is 3.75. The van der Waals surface area contributed by atoms with E-state index in [4.69, 9.17) is 16.7 Å². The van der Waals surface area contributed by atoms with Gasteiger partial charge in [-0.25, -0.2) is 4.39 Å². The number of carboxylic acids is 1. The summed E-state index contributed by atoms with van der Waals surface area (Å²) in [6.45, 7) is 1.96. The Morgan fingerprint density at radius 1 is 1.47 bits per heavy atom. The minimum Gasteiger partial charge on any atom is -0.481 e. The van der Waals surface area contributed by atoms with Gasteiger partial charge in [-0.05, 0) is 31.5 Å². The number of nitrogens with zero attached hydrogens (tertiary/aromatic N) is 1. The monoisotopic (exact) mass is 285 g/mol. The van der Waals surface area contributed by atoms with Crippen LogP contribution in [-0.2, 0) is 4.79 Å². The Bertz CT molecular complexity index is 549. The van der Waals surface area contributed by atoms with Gasteiger partial charge in [-0.15, -0.1) is 0 Å². The summed E-state index contributed by atoms with van der Waals surface area (Å²) in [5, 5.41) is 9.38. The first kappa shape index (κ1) is 13.8. The minimum absolute atomic E-state index is 0.0765. The lowest BCUT2D eigenvalue weighted by atomic mass is 9.90. The highest BCUT2D eigenvalue weighted by atomic mass is 35.5. The molecule has 0 saturated carbocycles. The van der Waals surface area contributed by atoms with E-state index in [0.717, 1.165) is 6.07 Å². The second kappa shape index (κ2) is 4.81. The molecule has 0 radical (unpaired) electrons. The molecule has 102 valence electrons. The van der Waals surface area contributed by atoms with Crippen LogP contribution in [-0.4, -0.2) is 35.0 Å². The molecule has 0 bridgehead atoms. The molecule has 1 fully saturated rings. The van der Waals surface area contributed by atoms with Crippen LogP contribution in [0.4, 0.5) is 4.39 Å². The van der Waals surface area contributed by atoms with Crippen molar-refractivity contribution in [2.45, 2.75) is 13.3 Å². The molecule has 1 aliphatic rings. The van der Waals surface area contributed by atoms with Crippen molar-refractivity contribution in [2.75, 3.05) is 13.1 Å². The number of carbonyl (C=O) groups is 2. The number of hydrogen-bond acceptors (Lipinski definition) is 2. The predicted molar refractivity (Wildman–Crippen MR) is 67.7 cm³/mol. The first-order chi connectivity index (χ1) is 8.83. The highest BCUT2D eigenvalue weighted by Gasteiger charge is 2.42. The van der Waals surface area contributed by atoms with E-state index < -0.39 is 23.1 Å². The number of likely N-dealkylation sites (tertiary alicyclic amines) is 1. The number of carboxylic acid groups (broad SMARTS) is 1. The van der Waals surface area contributed by atoms with Crippen LogP contribution in [0.1, 0.15) is 23.7 Å². The number of amides is 1. The summed E-state index contributed by atoms with van der Waals surface area (Å²) < 4.78 is 13.6. The van der Waals surface area contributed by atoms with Gasteiger partial charge in [0, 0.05) is 18.1 Å². The van der Waals surface area contributed by atoms with Crippen molar-refractivity contribution in [3.8, 4) is 0 Å². The highest BCUT2D eigenvalue weighted by Crippen LogP contribution is 2.31. The van der Waals surface area contributed by atoms with Crippen LogP contribution in [0, 0.1) is 11.2 Å². The summed E-state index contributed by atoms with van der Waals surface area (Å²) in [6.07, 6.45) is 0.357. The summed E-state index contributed by atoms with van der Waals surface area (Å²) in [5.41, 5.74) is -1.09. The Balaban J connectivity index is 2.22. The molecule has 0 spiro atoms. The lowest BCUT2D eigenvalue weighted by Crippen LogP contribution is -2.35. The SMILES string of the molecule is CC1(C(=O)O)CCN(C(=O)c2cc(Cl)ccc2F)C1. The number of halogens is 2. The second-order valence-electron chi connectivity index (χ2n) is 4.97. The Kier molecular flexibility index (Phi) is 3.49. The first-order valence-electron chi connectivity index (χ1n) is 5.81. The highest BCUT2D eigenvalue weighted by molar-refractivity contribution is 6.31. The summed E-state index contributed by atoms with van der Waals surface area (Å²) in [7, 11) is 0. The molecule has 1 aromatic rings. The van der Waals surface area contributed by atoms with Crippen molar-refractivity contribution in [2.24, 2.45) is 5.41 Å². The van der Waals surface area contributed by atoms with E-state index in [-0.39, 0.29) is 17.1 Å². The number of hydrogen-bond donors (Lipinski definition) is 1. The van der Waals surface area contributed by atoms with Crippen LogP contribution in [0.5, 0.6) is 0 Å². The largest absolute Gasteiger partial charge is 0.481 e. The molecule has 1 unspecified atom stereocenters. The number of carbonyl (C=O) groups excluding carboxylic acids is 1. The van der Waals surface area contributed by atoms with Gasteiger partial charge in [0.2, 0.25) is 0 Å². The number of aliphatic carboxylic acids is 1. The molecular weight excluding hydrogens is 273 g/mol. The molecule has 1 amide bonds. The maximum atomic E-state index is 13.6. The molecule has 6 heteroatoms. The van der Waals surface area contributed by atoms with Crippen LogP contribution in [0.2, 0.25) is 5.02 Å². The standard InChI is InChI=1S/C13H13ClFNO3/c1-13(12(18)19)4-5-16(7-13)11(17)9-6-8(14)2-3-10(9)15/h2-3,6H,4-5,7H2,1H3,(H,18,19). The molecule has 0 aliphatic carbocycles. The minimum atomic E-state index is -0.968. The van der Waals surface area contributed by atoms with E-state index in [9.17, 15) is 14.0 Å². The lowest BCUT2D eigenvalue weighted by molar-refractivity contribution is -0.147. The third-order valence-corrected chi connectivity index (χ3v) is 3.67. The van der Waals surface area contributed by atoms with Crippen LogP contribution in [0.15, 0.2) is 18.2 Å². The van der Waals surface area contributed by atoms with Gasteiger partial charge in [-0.2, -0.15) is 0 Å². The van der Waals surface area contributed by atoms with Gasteiger partial charge in [0.05, 0.1) is 11.0 Å². The van der Waals surface area contributed by atoms with Crippen LogP contribution in [0.25, 0.3) is 0 Å². The van der Waals surface area contributed by atoms with Crippen molar-refractivity contribution in [3.63, 3.8) is 0 Å². The zero-order valence-electron chi connectivity index (χ0n) is 10.3. The van der Waals surface area contributed by atoms with Crippen molar-refractivity contribution < 1.29 is 19.1 Å². The quantitative estimate of drug-likeness (QED) is 0.908. The van der Waals surface area contributed by atoms with Crippen molar-refractivity contribution >= 4 is 23.5 Å². The Labute approximate surface area is 114 Å². The van der Waals surface area contributed by atoms with Gasteiger partial charge >= 0.3 is 5.97 Å². The molecule has 0 aromatic heterocycles. The fraction of sp³-hybridized carbons (Fsp3) is 0.385. The maximum absolute atomic E-state index is 13.6. The molecule has 19 heavy (non-hydrogen) atoms. The smallest absolute Gasteiger partial charge is 0.311 e. The van der Waals surface area contributed by atoms with Crippen LogP contribution < -0.4 is 0 Å². The maximum Gasteiger partial charge on any atom is 0.311 e. The van der Waals surface area contributed by atoms with E-state index in [1.807, 2.05) is 0 Å². The molecule has 1 saturated heterocycles. The van der Waals surface area contributed by atoms with Gasteiger partial charge in [-0.1, -0.05) is 11.6 Å². The van der Waals surface area contributed by atoms with E-state index in [1.165, 1.54) is 17.0 Å². The molecule has 1 aromatic carbocycles. The fourth-order valence-corrected chi connectivity index (χ4v) is 2.31. The topological polar surface area (TPSA) is 57.6 Å². The Morgan fingerprint density at radius 3 is 2.74 bits per heavy atom. The average Bonchev–Trinajstić information content (AvgIpc) is 2.76. The zero-order valence-corrected chi connectivity index (χ0v) is 11.1. The molecule has 4 nitrogen and oxygen atoms in total. The van der Waals surface area contributed by atoms with E-state index in [2.05, 4.69) is 0 Å². The van der Waals surface area contributed by atoms with Crippen LogP contribution in [0.3, 0.4) is 0 Å². The average molecular weight is 286 g/mol. The molecule has 2 rings (SSSR count). The van der Waals surface area contributed by atoms with Crippen molar-refractivity contribution in [3.05, 3.63) is 34.6 Å². The summed E-state index contributed by atoms with van der Waals surface area (Å²) in [4.78, 5) is 24.6. The van der Waals surface area contributed by atoms with Gasteiger partial charge in [0.15, 0.2) is 0 Å². The fourth-order valence-electron chi connectivity index (χ4n) is 2.14. The van der Waals surface area contributed by atoms with E-state index >= 15 is 0 Å².